The third-order valence-corrected chi connectivity index (χ3v) is 12.6. The molecule has 0 bridgehead atoms. The van der Waals surface area contributed by atoms with E-state index in [-0.39, 0.29) is 41.7 Å². The van der Waals surface area contributed by atoms with Crippen LogP contribution < -0.4 is 26.2 Å². The normalized spacial score (nSPS) is 20.2. The number of piperidine rings is 1. The number of imide groups is 2. The summed E-state index contributed by atoms with van der Waals surface area (Å²) >= 11 is 6.18. The summed E-state index contributed by atoms with van der Waals surface area (Å²) in [6.07, 6.45) is 7.73. The van der Waals surface area contributed by atoms with E-state index in [1.165, 1.54) is 6.33 Å². The predicted molar refractivity (Wildman–Crippen MR) is 233 cm³/mol. The Morgan fingerprint density at radius 2 is 1.65 bits per heavy atom. The zero-order chi connectivity index (χ0) is 43.8. The molecule has 0 spiro atoms. The second-order valence-corrected chi connectivity index (χ2v) is 17.0. The van der Waals surface area contributed by atoms with E-state index >= 15 is 0 Å². The number of aromatic nitrogens is 2. The first-order valence-corrected chi connectivity index (χ1v) is 22.3. The number of anilines is 2. The molecule has 5 N–H and O–H groups in total. The van der Waals surface area contributed by atoms with Gasteiger partial charge in [0.15, 0.2) is 0 Å². The molecule has 330 valence electrons. The van der Waals surface area contributed by atoms with E-state index in [9.17, 15) is 33.9 Å². The van der Waals surface area contributed by atoms with Crippen LogP contribution in [0.3, 0.4) is 0 Å². The van der Waals surface area contributed by atoms with Crippen LogP contribution in [0.4, 0.5) is 11.5 Å². The first kappa shape index (κ1) is 44.6. The van der Waals surface area contributed by atoms with Crippen LogP contribution in [0.25, 0.3) is 0 Å². The van der Waals surface area contributed by atoms with Gasteiger partial charge in [-0.05, 0) is 61.4 Å². The molecular weight excluding hydrogens is 814 g/mol. The number of nitrogens with zero attached hydrogens (tertiary/aromatic N) is 5. The number of piperazine rings is 1. The third-order valence-electron chi connectivity index (χ3n) is 12.3. The summed E-state index contributed by atoms with van der Waals surface area (Å²) in [5.41, 5.74) is 3.65. The first-order valence-electron chi connectivity index (χ1n) is 21.9. The number of carbonyl (C=O) groups excluding carboxylic acids is 6. The molecule has 3 aliphatic heterocycles. The number of amides is 6. The number of fused-ring (bicyclic) bond motifs is 2. The Morgan fingerprint density at radius 3 is 2.40 bits per heavy atom. The van der Waals surface area contributed by atoms with E-state index in [2.05, 4.69) is 43.1 Å². The zero-order valence-electron chi connectivity index (χ0n) is 35.2. The highest BCUT2D eigenvalue weighted by molar-refractivity contribution is 6.30. The summed E-state index contributed by atoms with van der Waals surface area (Å²) < 4.78 is 0. The van der Waals surface area contributed by atoms with Crippen molar-refractivity contribution in [3.63, 3.8) is 0 Å². The summed E-state index contributed by atoms with van der Waals surface area (Å²) in [4.78, 5) is 90.9. The van der Waals surface area contributed by atoms with Crippen LogP contribution >= 0.6 is 11.6 Å². The summed E-state index contributed by atoms with van der Waals surface area (Å²) in [7, 11) is 0. The van der Waals surface area contributed by atoms with Crippen LogP contribution in [-0.2, 0) is 19.2 Å². The van der Waals surface area contributed by atoms with Gasteiger partial charge in [-0.1, -0.05) is 62.4 Å². The largest absolute Gasteiger partial charge is 0.387 e. The lowest BCUT2D eigenvalue weighted by atomic mass is 9.97. The number of halogens is 1. The topological polar surface area (TPSA) is 206 Å². The Bertz CT molecular complexity index is 2150. The molecule has 4 atom stereocenters. The van der Waals surface area contributed by atoms with Gasteiger partial charge in [0, 0.05) is 81.5 Å². The lowest BCUT2D eigenvalue weighted by Crippen LogP contribution is -2.54. The van der Waals surface area contributed by atoms with Crippen molar-refractivity contribution < 1.29 is 33.9 Å². The highest BCUT2D eigenvalue weighted by Crippen LogP contribution is 2.43. The van der Waals surface area contributed by atoms with Gasteiger partial charge >= 0.3 is 0 Å². The molecule has 4 aliphatic rings. The minimum atomic E-state index is -1.00. The van der Waals surface area contributed by atoms with Gasteiger partial charge in [-0.25, -0.2) is 9.97 Å². The van der Waals surface area contributed by atoms with E-state index in [1.54, 1.807) is 30.3 Å². The van der Waals surface area contributed by atoms with Crippen molar-refractivity contribution in [1.82, 2.24) is 35.7 Å². The second-order valence-electron chi connectivity index (χ2n) is 16.6. The Kier molecular flexibility index (Phi) is 14.8. The number of hydrogen-bond acceptors (Lipinski definition) is 12. The van der Waals surface area contributed by atoms with Gasteiger partial charge in [0.25, 0.3) is 11.8 Å². The molecule has 0 radical (unpaired) electrons. The van der Waals surface area contributed by atoms with Gasteiger partial charge < -0.3 is 30.9 Å². The Labute approximate surface area is 366 Å². The molecule has 62 heavy (non-hydrogen) atoms. The van der Waals surface area contributed by atoms with Crippen LogP contribution in [0.1, 0.15) is 127 Å². The second kappa shape index (κ2) is 20.6. The van der Waals surface area contributed by atoms with Crippen molar-refractivity contribution in [2.75, 3.05) is 62.6 Å². The number of carbonyl (C=O) groups is 6. The SMILES string of the molecule is CC1CC(O)c2ncnc(N3CCN(C(=O)C(CNCCNC(=O)CCCCCCCCNc4cccc5c4C(=O)N(C4CCC(=O)NC4=O)C5=O)c4ccc(Cl)cc4)CC3)c21. The molecule has 2 saturated heterocycles. The number of hydrogen-bond donors (Lipinski definition) is 5. The van der Waals surface area contributed by atoms with Gasteiger partial charge in [-0.3, -0.25) is 39.0 Å². The molecule has 6 amide bonds. The van der Waals surface area contributed by atoms with Gasteiger partial charge in [0.2, 0.25) is 23.6 Å². The molecule has 16 nitrogen and oxygen atoms in total. The quantitative estimate of drug-likeness (QED) is 0.0855. The van der Waals surface area contributed by atoms with Crippen molar-refractivity contribution in [2.45, 2.75) is 95.1 Å². The number of aliphatic hydroxyl groups is 1. The molecule has 1 aliphatic carbocycles. The number of unbranched alkanes of at least 4 members (excludes halogenated alkanes) is 5. The molecule has 7 rings (SSSR count). The molecule has 4 heterocycles. The standard InChI is InChI=1S/C45H56ClN9O7/c1-28-25-35(56)40-38(28)41(51-27-50-40)53-21-23-54(24-22-53)43(60)32(29-12-14-30(46)15-13-29)26-47-19-20-49-36(57)11-6-4-2-3-5-7-18-48-33-10-8-9-31-39(33)45(62)55(44(31)61)34-16-17-37(58)52-42(34)59/h8-10,12-15,27-28,32,34-35,47-48,56H,2-7,11,16-26H2,1H3,(H,49,57)(H,52,58,59). The fourth-order valence-corrected chi connectivity index (χ4v) is 9.11. The highest BCUT2D eigenvalue weighted by atomic mass is 35.5. The van der Waals surface area contributed by atoms with Crippen LogP contribution in [0, 0.1) is 0 Å². The lowest BCUT2D eigenvalue weighted by Gasteiger charge is -2.38. The minimum absolute atomic E-state index is 0.00276. The molecule has 2 fully saturated rings. The maximum Gasteiger partial charge on any atom is 0.264 e. The molecule has 17 heteroatoms. The molecule has 3 aromatic rings. The van der Waals surface area contributed by atoms with Gasteiger partial charge in [-0.15, -0.1) is 0 Å². The number of aliphatic hydroxyl groups excluding tert-OH is 1. The van der Waals surface area contributed by atoms with E-state index in [1.807, 2.05) is 17.0 Å². The average Bonchev–Trinajstić information content (AvgIpc) is 3.71. The summed E-state index contributed by atoms with van der Waals surface area (Å²) in [5, 5.41) is 22.9. The van der Waals surface area contributed by atoms with E-state index < -0.39 is 41.7 Å². The summed E-state index contributed by atoms with van der Waals surface area (Å²) in [6.45, 7) is 6.42. The van der Waals surface area contributed by atoms with E-state index in [0.29, 0.717) is 81.6 Å². The van der Waals surface area contributed by atoms with Crippen molar-refractivity contribution >= 4 is 58.5 Å². The maximum absolute atomic E-state index is 14.0. The number of rotatable bonds is 19. The predicted octanol–water partition coefficient (Wildman–Crippen LogP) is 4.05. The van der Waals surface area contributed by atoms with Crippen LogP contribution in [0.2, 0.25) is 5.02 Å². The van der Waals surface area contributed by atoms with Crippen LogP contribution in [-0.4, -0.2) is 119 Å². The molecule has 0 saturated carbocycles. The molecular formula is C45H56ClN9O7. The zero-order valence-corrected chi connectivity index (χ0v) is 35.9. The Hall–Kier alpha value is -5.45. The van der Waals surface area contributed by atoms with Crippen molar-refractivity contribution in [1.29, 1.82) is 0 Å². The number of benzene rings is 2. The number of nitrogens with one attached hydrogen (secondary N) is 4. The van der Waals surface area contributed by atoms with Crippen molar-refractivity contribution in [3.8, 4) is 0 Å². The summed E-state index contributed by atoms with van der Waals surface area (Å²) in [5.74, 6) is -1.47. The summed E-state index contributed by atoms with van der Waals surface area (Å²) in [6, 6.07) is 11.4. The van der Waals surface area contributed by atoms with Crippen molar-refractivity contribution in [3.05, 3.63) is 81.8 Å². The van der Waals surface area contributed by atoms with Crippen LogP contribution in [0.5, 0.6) is 0 Å². The Morgan fingerprint density at radius 1 is 0.903 bits per heavy atom. The Balaban J connectivity index is 0.766. The fraction of sp³-hybridized carbons (Fsp3) is 0.511. The molecule has 4 unspecified atom stereocenters. The average molecular weight is 870 g/mol. The van der Waals surface area contributed by atoms with Crippen molar-refractivity contribution in [2.24, 2.45) is 0 Å². The highest BCUT2D eigenvalue weighted by Gasteiger charge is 2.45. The monoisotopic (exact) mass is 869 g/mol. The fourth-order valence-electron chi connectivity index (χ4n) is 8.98. The molecule has 2 aromatic carbocycles. The van der Waals surface area contributed by atoms with Gasteiger partial charge in [-0.2, -0.15) is 0 Å². The van der Waals surface area contributed by atoms with Crippen LogP contribution in [0.15, 0.2) is 48.8 Å². The van der Waals surface area contributed by atoms with Gasteiger partial charge in [0.05, 0.1) is 28.8 Å². The third kappa shape index (κ3) is 10.2. The smallest absolute Gasteiger partial charge is 0.264 e. The van der Waals surface area contributed by atoms with E-state index in [0.717, 1.165) is 60.4 Å². The van der Waals surface area contributed by atoms with Gasteiger partial charge in [0.1, 0.15) is 18.2 Å². The van der Waals surface area contributed by atoms with E-state index in [4.69, 9.17) is 11.6 Å². The minimum Gasteiger partial charge on any atom is -0.387 e. The molecule has 1 aromatic heterocycles. The maximum atomic E-state index is 14.0. The first-order chi connectivity index (χ1) is 30.0. The lowest BCUT2D eigenvalue weighted by molar-refractivity contribution is -0.136.